The summed E-state index contributed by atoms with van der Waals surface area (Å²) in [5.41, 5.74) is 1.74. The fourth-order valence-electron chi connectivity index (χ4n) is 1.80. The van der Waals surface area contributed by atoms with E-state index in [1.165, 1.54) is 0 Å². The van der Waals surface area contributed by atoms with Crippen molar-refractivity contribution in [1.29, 1.82) is 0 Å². The van der Waals surface area contributed by atoms with Crippen LogP contribution in [0.2, 0.25) is 0 Å². The highest BCUT2D eigenvalue weighted by atomic mass is 79.9. The van der Waals surface area contributed by atoms with Gasteiger partial charge in [-0.3, -0.25) is 0 Å². The summed E-state index contributed by atoms with van der Waals surface area (Å²) in [5, 5.41) is 2.19. The van der Waals surface area contributed by atoms with Crippen molar-refractivity contribution in [2.75, 3.05) is 0 Å². The molecule has 5 heteroatoms. The SMILES string of the molecule is Brc1cc(Br)c2oc3cc(Br)c(Br)cc3c2c1. The summed E-state index contributed by atoms with van der Waals surface area (Å²) in [6.07, 6.45) is 0. The highest BCUT2D eigenvalue weighted by Gasteiger charge is 2.12. The minimum absolute atomic E-state index is 0.869. The molecule has 3 rings (SSSR count). The van der Waals surface area contributed by atoms with Crippen LogP contribution in [-0.2, 0) is 0 Å². The molecule has 0 aliphatic carbocycles. The molecule has 1 aromatic heterocycles. The lowest BCUT2D eigenvalue weighted by Gasteiger charge is -1.96. The second-order valence-corrected chi connectivity index (χ2v) is 7.11. The van der Waals surface area contributed by atoms with Gasteiger partial charge in [0.2, 0.25) is 0 Å². The van der Waals surface area contributed by atoms with Crippen LogP contribution in [0.5, 0.6) is 0 Å². The molecule has 0 saturated heterocycles. The van der Waals surface area contributed by atoms with Gasteiger partial charge < -0.3 is 4.42 Å². The monoisotopic (exact) mass is 480 g/mol. The first kappa shape index (κ1) is 12.2. The van der Waals surface area contributed by atoms with Crippen LogP contribution in [0.15, 0.2) is 46.6 Å². The predicted molar refractivity (Wildman–Crippen MR) is 84.5 cm³/mol. The summed E-state index contributed by atoms with van der Waals surface area (Å²) >= 11 is 14.0. The second kappa shape index (κ2) is 4.37. The van der Waals surface area contributed by atoms with Crippen LogP contribution in [-0.4, -0.2) is 0 Å². The van der Waals surface area contributed by atoms with E-state index in [0.717, 1.165) is 39.8 Å². The van der Waals surface area contributed by atoms with E-state index < -0.39 is 0 Å². The van der Waals surface area contributed by atoms with Crippen molar-refractivity contribution in [2.45, 2.75) is 0 Å². The van der Waals surface area contributed by atoms with Gasteiger partial charge in [0.15, 0.2) is 0 Å². The minimum atomic E-state index is 0.869. The number of rotatable bonds is 0. The molecule has 0 amide bonds. The first-order valence-corrected chi connectivity index (χ1v) is 7.90. The van der Waals surface area contributed by atoms with E-state index in [2.05, 4.69) is 75.9 Å². The molecule has 0 atom stereocenters. The first-order chi connectivity index (χ1) is 8.06. The Hall–Kier alpha value is 0.160. The number of hydrogen-bond donors (Lipinski definition) is 0. The lowest BCUT2D eigenvalue weighted by molar-refractivity contribution is 0.666. The van der Waals surface area contributed by atoms with Crippen LogP contribution < -0.4 is 0 Å². The Bertz CT molecular complexity index is 745. The van der Waals surface area contributed by atoms with Gasteiger partial charge in [0, 0.05) is 24.2 Å². The largest absolute Gasteiger partial charge is 0.455 e. The highest BCUT2D eigenvalue weighted by Crippen LogP contribution is 2.39. The Kier molecular flexibility index (Phi) is 3.14. The molecule has 2 aromatic carbocycles. The Morgan fingerprint density at radius 3 is 2.18 bits per heavy atom. The quantitative estimate of drug-likeness (QED) is 0.349. The normalized spacial score (nSPS) is 11.5. The molecule has 0 aliphatic rings. The number of benzene rings is 2. The van der Waals surface area contributed by atoms with E-state index in [9.17, 15) is 0 Å². The molecule has 3 aromatic rings. The number of hydrogen-bond acceptors (Lipinski definition) is 1. The van der Waals surface area contributed by atoms with Gasteiger partial charge in [-0.1, -0.05) is 15.9 Å². The van der Waals surface area contributed by atoms with Crippen molar-refractivity contribution < 1.29 is 4.42 Å². The predicted octanol–water partition coefficient (Wildman–Crippen LogP) is 6.64. The third-order valence-corrected chi connectivity index (χ3v) is 5.42. The van der Waals surface area contributed by atoms with Crippen molar-refractivity contribution in [3.63, 3.8) is 0 Å². The minimum Gasteiger partial charge on any atom is -0.455 e. The molecule has 0 bridgehead atoms. The molecule has 17 heavy (non-hydrogen) atoms. The van der Waals surface area contributed by atoms with Gasteiger partial charge in [-0.2, -0.15) is 0 Å². The Morgan fingerprint density at radius 1 is 0.706 bits per heavy atom. The fourth-order valence-corrected chi connectivity index (χ4v) is 3.77. The lowest BCUT2D eigenvalue weighted by atomic mass is 10.1. The van der Waals surface area contributed by atoms with Gasteiger partial charge in [-0.25, -0.2) is 0 Å². The number of halogens is 4. The zero-order valence-corrected chi connectivity index (χ0v) is 14.6. The van der Waals surface area contributed by atoms with Crippen LogP contribution >= 0.6 is 63.7 Å². The fraction of sp³-hybridized carbons (Fsp3) is 0. The molecule has 1 nitrogen and oxygen atoms in total. The average molecular weight is 484 g/mol. The van der Waals surface area contributed by atoms with E-state index in [0.29, 0.717) is 0 Å². The van der Waals surface area contributed by atoms with E-state index >= 15 is 0 Å². The molecule has 0 radical (unpaired) electrons. The third-order valence-electron chi connectivity index (χ3n) is 2.53. The topological polar surface area (TPSA) is 13.1 Å². The summed E-state index contributed by atoms with van der Waals surface area (Å²) < 4.78 is 9.83. The molecular weight excluding hydrogens is 480 g/mol. The van der Waals surface area contributed by atoms with Gasteiger partial charge in [0.25, 0.3) is 0 Å². The number of fused-ring (bicyclic) bond motifs is 3. The van der Waals surface area contributed by atoms with Crippen LogP contribution in [0.1, 0.15) is 0 Å². The maximum atomic E-state index is 5.86. The first-order valence-electron chi connectivity index (χ1n) is 4.72. The van der Waals surface area contributed by atoms with Crippen LogP contribution in [0.3, 0.4) is 0 Å². The van der Waals surface area contributed by atoms with Gasteiger partial charge in [0.05, 0.1) is 4.47 Å². The Morgan fingerprint density at radius 2 is 1.41 bits per heavy atom. The second-order valence-electron chi connectivity index (χ2n) is 3.63. The molecule has 0 unspecified atom stereocenters. The standard InChI is InChI=1S/C12H4Br4O/c13-5-1-7-6-3-8(14)9(15)4-11(6)17-12(7)10(16)2-5/h1-4H. The summed E-state index contributed by atoms with van der Waals surface area (Å²) in [7, 11) is 0. The van der Waals surface area contributed by atoms with E-state index in [-0.39, 0.29) is 0 Å². The zero-order chi connectivity index (χ0) is 12.2. The molecule has 1 heterocycles. The summed E-state index contributed by atoms with van der Waals surface area (Å²) in [6, 6.07) is 8.07. The van der Waals surface area contributed by atoms with Gasteiger partial charge in [0.1, 0.15) is 11.2 Å². The zero-order valence-electron chi connectivity index (χ0n) is 8.23. The summed E-state index contributed by atoms with van der Waals surface area (Å²) in [5.74, 6) is 0. The molecule has 0 saturated carbocycles. The van der Waals surface area contributed by atoms with E-state index in [4.69, 9.17) is 4.42 Å². The van der Waals surface area contributed by atoms with Crippen molar-refractivity contribution in [2.24, 2.45) is 0 Å². The Balaban J connectivity index is 2.55. The van der Waals surface area contributed by atoms with Crippen LogP contribution in [0.4, 0.5) is 0 Å². The van der Waals surface area contributed by atoms with Crippen molar-refractivity contribution in [3.8, 4) is 0 Å². The highest BCUT2D eigenvalue weighted by molar-refractivity contribution is 9.13. The van der Waals surface area contributed by atoms with Gasteiger partial charge >= 0.3 is 0 Å². The van der Waals surface area contributed by atoms with Gasteiger partial charge in [-0.15, -0.1) is 0 Å². The third kappa shape index (κ3) is 2.01. The lowest BCUT2D eigenvalue weighted by Crippen LogP contribution is -1.72. The van der Waals surface area contributed by atoms with E-state index in [1.807, 2.05) is 12.1 Å². The molecule has 0 spiro atoms. The Labute approximate surface area is 131 Å². The van der Waals surface area contributed by atoms with Crippen LogP contribution in [0.25, 0.3) is 21.9 Å². The number of furan rings is 1. The molecule has 0 fully saturated rings. The smallest absolute Gasteiger partial charge is 0.149 e. The van der Waals surface area contributed by atoms with Gasteiger partial charge in [-0.05, 0) is 72.1 Å². The maximum absolute atomic E-state index is 5.86. The molecular formula is C12H4Br4O. The summed E-state index contributed by atoms with van der Waals surface area (Å²) in [6.45, 7) is 0. The summed E-state index contributed by atoms with van der Waals surface area (Å²) in [4.78, 5) is 0. The van der Waals surface area contributed by atoms with Crippen LogP contribution in [0, 0.1) is 0 Å². The van der Waals surface area contributed by atoms with Crippen molar-refractivity contribution in [1.82, 2.24) is 0 Å². The van der Waals surface area contributed by atoms with Crippen molar-refractivity contribution in [3.05, 3.63) is 42.2 Å². The molecule has 86 valence electrons. The molecule has 0 aliphatic heterocycles. The average Bonchev–Trinajstić information content (AvgIpc) is 2.58. The molecule has 0 N–H and O–H groups in total. The van der Waals surface area contributed by atoms with Crippen molar-refractivity contribution >= 4 is 85.7 Å². The maximum Gasteiger partial charge on any atom is 0.149 e. The van der Waals surface area contributed by atoms with E-state index in [1.54, 1.807) is 0 Å².